The number of hydrogen-bond acceptors (Lipinski definition) is 4. The van der Waals surface area contributed by atoms with Crippen LogP contribution in [0.1, 0.15) is 6.92 Å². The molecule has 0 saturated heterocycles. The Kier molecular flexibility index (Phi) is 4.44. The van der Waals surface area contributed by atoms with Gasteiger partial charge >= 0.3 is 0 Å². The van der Waals surface area contributed by atoms with Gasteiger partial charge in [-0.3, -0.25) is 4.79 Å². The summed E-state index contributed by atoms with van der Waals surface area (Å²) in [6.45, 7) is 2.15. The molecule has 2 nitrogen and oxygen atoms in total. The zero-order valence-corrected chi connectivity index (χ0v) is 5.54. The minimum Gasteiger partial charge on any atom is -0.453 e. The summed E-state index contributed by atoms with van der Waals surface area (Å²) in [6, 6.07) is 0. The second-order valence-electron chi connectivity index (χ2n) is 0.905. The maximum absolute atomic E-state index is 9.50. The fourth-order valence-corrected chi connectivity index (χ4v) is 0.347. The molecule has 0 fully saturated rings. The van der Waals surface area contributed by atoms with Gasteiger partial charge in [0.05, 0.1) is 0 Å². The van der Waals surface area contributed by atoms with E-state index in [0.29, 0.717) is 6.47 Å². The Morgan fingerprint density at radius 1 is 2.00 bits per heavy atom. The lowest BCUT2D eigenvalue weighted by atomic mass is 10.9. The van der Waals surface area contributed by atoms with E-state index < -0.39 is 0 Å². The monoisotopic (exact) mass is 138 g/mol. The van der Waals surface area contributed by atoms with Gasteiger partial charge in [-0.05, 0) is 6.92 Å². The molecule has 0 aromatic carbocycles. The average Bonchev–Trinajstić information content (AvgIpc) is 1.68. The number of ether oxygens (including phenoxy) is 1. The van der Waals surface area contributed by atoms with Gasteiger partial charge in [-0.1, -0.05) is 10.8 Å². The summed E-state index contributed by atoms with van der Waals surface area (Å²) >= 11 is 3.78. The molecule has 0 rings (SSSR count). The van der Waals surface area contributed by atoms with Gasteiger partial charge in [-0.2, -0.15) is 0 Å². The third-order valence-electron chi connectivity index (χ3n) is 0.396. The summed E-state index contributed by atoms with van der Waals surface area (Å²) in [5.41, 5.74) is -0.138. The summed E-state index contributed by atoms with van der Waals surface area (Å²) < 4.78 is 4.40. The Labute approximate surface area is 51.4 Å². The number of thiol groups is 1. The molecule has 0 aliphatic rings. The van der Waals surface area contributed by atoms with Gasteiger partial charge in [0.25, 0.3) is 6.47 Å². The Balaban J connectivity index is 2.98. The van der Waals surface area contributed by atoms with Gasteiger partial charge < -0.3 is 4.74 Å². The largest absolute Gasteiger partial charge is 0.453 e. The van der Waals surface area contributed by atoms with Crippen molar-refractivity contribution in [3.63, 3.8) is 0 Å². The summed E-state index contributed by atoms with van der Waals surface area (Å²) in [7, 11) is 1.19. The van der Waals surface area contributed by atoms with Crippen LogP contribution in [-0.2, 0) is 9.53 Å². The quantitative estimate of drug-likeness (QED) is 0.273. The molecule has 4 heteroatoms. The molecule has 0 amide bonds. The summed E-state index contributed by atoms with van der Waals surface area (Å²) in [5, 5.41) is 0. The van der Waals surface area contributed by atoms with E-state index in [4.69, 9.17) is 0 Å². The van der Waals surface area contributed by atoms with E-state index in [1.165, 1.54) is 10.8 Å². The van der Waals surface area contributed by atoms with E-state index in [1.54, 1.807) is 6.92 Å². The first kappa shape index (κ1) is 7.17. The number of carbonyl (C=O) groups is 1. The predicted molar refractivity (Wildman–Crippen MR) is 33.2 cm³/mol. The highest BCUT2D eigenvalue weighted by Crippen LogP contribution is 2.13. The average molecular weight is 138 g/mol. The van der Waals surface area contributed by atoms with Crippen LogP contribution in [0.15, 0.2) is 0 Å². The number of rotatable bonds is 3. The molecule has 1 unspecified atom stereocenters. The highest BCUT2D eigenvalue weighted by molar-refractivity contribution is 8.68. The zero-order valence-electron chi connectivity index (χ0n) is 3.83. The van der Waals surface area contributed by atoms with E-state index in [9.17, 15) is 4.79 Å². The van der Waals surface area contributed by atoms with E-state index in [1.807, 2.05) is 0 Å². The third-order valence-corrected chi connectivity index (χ3v) is 1.69. The second kappa shape index (κ2) is 4.33. The molecule has 0 saturated carbocycles. The fourth-order valence-electron chi connectivity index (χ4n) is 0.103. The summed E-state index contributed by atoms with van der Waals surface area (Å²) in [5.74, 6) is 0. The fraction of sp³-hybridized carbons (Fsp3) is 0.667. The molecule has 0 radical (unpaired) electrons. The van der Waals surface area contributed by atoms with Gasteiger partial charge in [-0.15, -0.1) is 11.7 Å². The van der Waals surface area contributed by atoms with Crippen LogP contribution in [0.2, 0.25) is 0 Å². The molecule has 42 valence electrons. The van der Waals surface area contributed by atoms with Crippen LogP contribution in [0.5, 0.6) is 0 Å². The molecule has 1 atom stereocenters. The predicted octanol–water partition coefficient (Wildman–Crippen LogP) is 1.08. The Hall–Kier alpha value is 0.170. The van der Waals surface area contributed by atoms with Crippen molar-refractivity contribution in [1.82, 2.24) is 0 Å². The van der Waals surface area contributed by atoms with Crippen molar-refractivity contribution in [1.29, 1.82) is 0 Å². The van der Waals surface area contributed by atoms with Gasteiger partial charge in [-0.25, -0.2) is 0 Å². The first-order chi connectivity index (χ1) is 3.31. The van der Waals surface area contributed by atoms with Crippen LogP contribution < -0.4 is 0 Å². The standard InChI is InChI=1S/C3H6O2S2/c1-3(7-6)5-2-4/h2-3,6H,1H3. The molecule has 0 heterocycles. The molecule has 0 aromatic rings. The van der Waals surface area contributed by atoms with Crippen molar-refractivity contribution in [3.05, 3.63) is 0 Å². The normalized spacial score (nSPS) is 12.9. The van der Waals surface area contributed by atoms with Crippen molar-refractivity contribution in [2.75, 3.05) is 0 Å². The molecule has 0 aromatic heterocycles. The summed E-state index contributed by atoms with van der Waals surface area (Å²) in [6.07, 6.45) is 0. The third kappa shape index (κ3) is 4.01. The molecular weight excluding hydrogens is 132 g/mol. The Bertz CT molecular complexity index is 56.9. The van der Waals surface area contributed by atoms with Crippen LogP contribution in [-0.4, -0.2) is 11.9 Å². The highest BCUT2D eigenvalue weighted by Gasteiger charge is 1.93. The maximum atomic E-state index is 9.50. The Morgan fingerprint density at radius 3 is 2.71 bits per heavy atom. The Morgan fingerprint density at radius 2 is 2.57 bits per heavy atom. The lowest BCUT2D eigenvalue weighted by molar-refractivity contribution is -0.129. The van der Waals surface area contributed by atoms with Crippen LogP contribution in [0.4, 0.5) is 0 Å². The first-order valence-corrected chi connectivity index (χ1v) is 3.63. The zero-order chi connectivity index (χ0) is 5.70. The number of carbonyl (C=O) groups excluding carboxylic acids is 1. The second-order valence-corrected chi connectivity index (χ2v) is 2.41. The lowest BCUT2D eigenvalue weighted by Gasteiger charge is -2.00. The molecule has 0 aliphatic heterocycles. The van der Waals surface area contributed by atoms with Crippen LogP contribution >= 0.6 is 22.5 Å². The summed E-state index contributed by atoms with van der Waals surface area (Å²) in [4.78, 5) is 9.50. The molecular formula is C3H6O2S2. The molecule has 0 spiro atoms. The van der Waals surface area contributed by atoms with Crippen molar-refractivity contribution in [2.45, 2.75) is 12.4 Å². The van der Waals surface area contributed by atoms with Crippen LogP contribution in [0, 0.1) is 0 Å². The number of hydrogen-bond donors (Lipinski definition) is 1. The van der Waals surface area contributed by atoms with Gasteiger partial charge in [0.15, 0.2) is 5.44 Å². The SMILES string of the molecule is CC(OC=O)SS. The smallest absolute Gasteiger partial charge is 0.294 e. The van der Waals surface area contributed by atoms with Gasteiger partial charge in [0, 0.05) is 0 Å². The van der Waals surface area contributed by atoms with Crippen molar-refractivity contribution < 1.29 is 9.53 Å². The molecule has 0 aliphatic carbocycles. The van der Waals surface area contributed by atoms with Crippen molar-refractivity contribution in [2.24, 2.45) is 0 Å². The van der Waals surface area contributed by atoms with Gasteiger partial charge in [0.1, 0.15) is 0 Å². The lowest BCUT2D eigenvalue weighted by Crippen LogP contribution is -1.97. The van der Waals surface area contributed by atoms with E-state index in [0.717, 1.165) is 0 Å². The van der Waals surface area contributed by atoms with E-state index in [2.05, 4.69) is 16.4 Å². The van der Waals surface area contributed by atoms with Crippen LogP contribution in [0.25, 0.3) is 0 Å². The minimum atomic E-state index is -0.138. The highest BCUT2D eigenvalue weighted by atomic mass is 33.1. The minimum absolute atomic E-state index is 0.138. The molecule has 0 N–H and O–H groups in total. The van der Waals surface area contributed by atoms with Crippen LogP contribution in [0.3, 0.4) is 0 Å². The van der Waals surface area contributed by atoms with Gasteiger partial charge in [0.2, 0.25) is 0 Å². The van der Waals surface area contributed by atoms with Crippen molar-refractivity contribution >= 4 is 28.9 Å². The maximum Gasteiger partial charge on any atom is 0.294 e. The molecule has 0 bridgehead atoms. The van der Waals surface area contributed by atoms with E-state index >= 15 is 0 Å². The molecule has 7 heavy (non-hydrogen) atoms. The van der Waals surface area contributed by atoms with Crippen molar-refractivity contribution in [3.8, 4) is 0 Å². The topological polar surface area (TPSA) is 26.3 Å². The first-order valence-electron chi connectivity index (χ1n) is 1.70. The van der Waals surface area contributed by atoms with E-state index in [-0.39, 0.29) is 5.44 Å².